The Balaban J connectivity index is 1.84. The Labute approximate surface area is 147 Å². The molecule has 0 amide bonds. The molecule has 128 valence electrons. The Bertz CT molecular complexity index is 665. The van der Waals surface area contributed by atoms with Crippen molar-refractivity contribution in [2.45, 2.75) is 13.0 Å². The number of hydrogen-bond donors (Lipinski definition) is 2. The van der Waals surface area contributed by atoms with Crippen LogP contribution in [0.25, 0.3) is 0 Å². The average Bonchev–Trinajstić information content (AvgIpc) is 2.60. The van der Waals surface area contributed by atoms with Crippen molar-refractivity contribution in [2.75, 3.05) is 26.1 Å². The Hall–Kier alpha value is -2.47. The molecule has 0 aromatic heterocycles. The molecule has 0 aliphatic heterocycles. The predicted molar refractivity (Wildman–Crippen MR) is 100 cm³/mol. The van der Waals surface area contributed by atoms with E-state index in [9.17, 15) is 0 Å². The molecule has 0 bridgehead atoms. The molecule has 5 nitrogen and oxygen atoms in total. The largest absolute Gasteiger partial charge is 0.493 e. The molecule has 0 aliphatic carbocycles. The molecule has 0 saturated heterocycles. The van der Waals surface area contributed by atoms with Crippen molar-refractivity contribution in [3.63, 3.8) is 0 Å². The van der Waals surface area contributed by atoms with Crippen LogP contribution in [0.1, 0.15) is 6.92 Å². The fourth-order valence-electron chi connectivity index (χ4n) is 2.08. The van der Waals surface area contributed by atoms with Gasteiger partial charge in [0, 0.05) is 11.8 Å². The number of para-hydroxylation sites is 1. The third kappa shape index (κ3) is 5.31. The van der Waals surface area contributed by atoms with E-state index in [4.69, 9.17) is 26.4 Å². The molecule has 0 heterocycles. The zero-order valence-corrected chi connectivity index (χ0v) is 14.9. The summed E-state index contributed by atoms with van der Waals surface area (Å²) in [4.78, 5) is 0. The number of thiocarbonyl (C=S) groups is 1. The zero-order valence-electron chi connectivity index (χ0n) is 14.0. The molecular formula is C18H22N2O3S. The second kappa shape index (κ2) is 8.98. The van der Waals surface area contributed by atoms with Crippen LogP contribution in [-0.2, 0) is 0 Å². The highest BCUT2D eigenvalue weighted by molar-refractivity contribution is 7.80. The lowest BCUT2D eigenvalue weighted by Crippen LogP contribution is -2.39. The Morgan fingerprint density at radius 2 is 1.75 bits per heavy atom. The van der Waals surface area contributed by atoms with Crippen LogP contribution in [0.4, 0.5) is 5.69 Å². The van der Waals surface area contributed by atoms with Crippen molar-refractivity contribution in [2.24, 2.45) is 0 Å². The van der Waals surface area contributed by atoms with Crippen LogP contribution >= 0.6 is 12.2 Å². The van der Waals surface area contributed by atoms with E-state index in [2.05, 4.69) is 10.6 Å². The number of nitrogens with one attached hydrogen (secondary N) is 2. The molecule has 0 spiro atoms. The molecule has 0 saturated carbocycles. The Kier molecular flexibility index (Phi) is 6.69. The van der Waals surface area contributed by atoms with Crippen molar-refractivity contribution in [1.29, 1.82) is 0 Å². The van der Waals surface area contributed by atoms with Gasteiger partial charge in [0.15, 0.2) is 16.6 Å². The molecule has 24 heavy (non-hydrogen) atoms. The Morgan fingerprint density at radius 3 is 2.42 bits per heavy atom. The highest BCUT2D eigenvalue weighted by atomic mass is 32.1. The van der Waals surface area contributed by atoms with Crippen molar-refractivity contribution in [3.8, 4) is 17.2 Å². The summed E-state index contributed by atoms with van der Waals surface area (Å²) < 4.78 is 16.2. The first-order valence-electron chi connectivity index (χ1n) is 7.59. The molecule has 2 aromatic carbocycles. The third-order valence-electron chi connectivity index (χ3n) is 3.26. The van der Waals surface area contributed by atoms with E-state index in [0.29, 0.717) is 23.2 Å². The lowest BCUT2D eigenvalue weighted by atomic mass is 10.2. The monoisotopic (exact) mass is 346 g/mol. The van der Waals surface area contributed by atoms with Crippen molar-refractivity contribution < 1.29 is 14.2 Å². The lowest BCUT2D eigenvalue weighted by molar-refractivity contribution is 0.287. The molecule has 0 fully saturated rings. The topological polar surface area (TPSA) is 51.8 Å². The predicted octanol–water partition coefficient (Wildman–Crippen LogP) is 3.46. The van der Waals surface area contributed by atoms with Gasteiger partial charge >= 0.3 is 0 Å². The van der Waals surface area contributed by atoms with Crippen LogP contribution in [0.3, 0.4) is 0 Å². The number of anilines is 1. The van der Waals surface area contributed by atoms with E-state index in [0.717, 1.165) is 11.4 Å². The highest BCUT2D eigenvalue weighted by Gasteiger charge is 2.08. The SMILES string of the molecule is COc1ccc(NC(=S)NC(C)COc2ccccc2)cc1OC. The molecule has 0 radical (unpaired) electrons. The summed E-state index contributed by atoms with van der Waals surface area (Å²) in [6, 6.07) is 15.3. The second-order valence-corrected chi connectivity index (χ2v) is 5.60. The maximum absolute atomic E-state index is 5.70. The molecule has 1 atom stereocenters. The first kappa shape index (κ1) is 17.9. The van der Waals surface area contributed by atoms with Crippen LogP contribution < -0.4 is 24.8 Å². The van der Waals surface area contributed by atoms with Crippen LogP contribution in [0.15, 0.2) is 48.5 Å². The molecule has 2 aromatic rings. The maximum atomic E-state index is 5.70. The van der Waals surface area contributed by atoms with Gasteiger partial charge in [-0.25, -0.2) is 0 Å². The molecule has 2 N–H and O–H groups in total. The number of rotatable bonds is 7. The molecule has 2 rings (SSSR count). The van der Waals surface area contributed by atoms with Gasteiger partial charge < -0.3 is 24.8 Å². The third-order valence-corrected chi connectivity index (χ3v) is 3.48. The summed E-state index contributed by atoms with van der Waals surface area (Å²) in [5.41, 5.74) is 0.821. The minimum absolute atomic E-state index is 0.0605. The molecule has 0 aliphatic rings. The summed E-state index contributed by atoms with van der Waals surface area (Å²) in [6.45, 7) is 2.52. The van der Waals surface area contributed by atoms with Gasteiger partial charge in [0.25, 0.3) is 0 Å². The maximum Gasteiger partial charge on any atom is 0.171 e. The van der Waals surface area contributed by atoms with E-state index in [-0.39, 0.29) is 6.04 Å². The van der Waals surface area contributed by atoms with Crippen LogP contribution in [0.5, 0.6) is 17.2 Å². The van der Waals surface area contributed by atoms with Gasteiger partial charge in [0.1, 0.15) is 12.4 Å². The van der Waals surface area contributed by atoms with Crippen molar-refractivity contribution >= 4 is 23.0 Å². The van der Waals surface area contributed by atoms with Gasteiger partial charge in [0.05, 0.1) is 20.3 Å². The van der Waals surface area contributed by atoms with Gasteiger partial charge in [-0.2, -0.15) is 0 Å². The summed E-state index contributed by atoms with van der Waals surface area (Å²) in [6.07, 6.45) is 0. The van der Waals surface area contributed by atoms with Gasteiger partial charge in [-0.15, -0.1) is 0 Å². The first-order valence-corrected chi connectivity index (χ1v) is 8.00. The van der Waals surface area contributed by atoms with E-state index >= 15 is 0 Å². The smallest absolute Gasteiger partial charge is 0.171 e. The number of benzene rings is 2. The summed E-state index contributed by atoms with van der Waals surface area (Å²) >= 11 is 5.33. The summed E-state index contributed by atoms with van der Waals surface area (Å²) in [7, 11) is 3.20. The fourth-order valence-corrected chi connectivity index (χ4v) is 2.40. The minimum Gasteiger partial charge on any atom is -0.493 e. The average molecular weight is 346 g/mol. The molecular weight excluding hydrogens is 324 g/mol. The molecule has 1 unspecified atom stereocenters. The van der Waals surface area contributed by atoms with Gasteiger partial charge in [-0.05, 0) is 43.4 Å². The van der Waals surface area contributed by atoms with Crippen molar-refractivity contribution in [3.05, 3.63) is 48.5 Å². The van der Waals surface area contributed by atoms with Crippen LogP contribution in [0.2, 0.25) is 0 Å². The standard InChI is InChI=1S/C18H22N2O3S/c1-13(12-23-15-7-5-4-6-8-15)19-18(24)20-14-9-10-16(21-2)17(11-14)22-3/h4-11,13H,12H2,1-3H3,(H2,19,20,24). The summed E-state index contributed by atoms with van der Waals surface area (Å²) in [5.74, 6) is 2.15. The summed E-state index contributed by atoms with van der Waals surface area (Å²) in [5, 5.41) is 6.83. The first-order chi connectivity index (χ1) is 11.6. The van der Waals surface area contributed by atoms with Gasteiger partial charge in [-0.1, -0.05) is 18.2 Å². The number of methoxy groups -OCH3 is 2. The van der Waals surface area contributed by atoms with E-state index in [1.165, 1.54) is 0 Å². The van der Waals surface area contributed by atoms with E-state index < -0.39 is 0 Å². The van der Waals surface area contributed by atoms with Crippen LogP contribution in [0, 0.1) is 0 Å². The van der Waals surface area contributed by atoms with E-state index in [1.54, 1.807) is 14.2 Å². The lowest BCUT2D eigenvalue weighted by Gasteiger charge is -2.18. The number of ether oxygens (including phenoxy) is 3. The van der Waals surface area contributed by atoms with Crippen LogP contribution in [-0.4, -0.2) is 32.0 Å². The number of hydrogen-bond acceptors (Lipinski definition) is 4. The molecule has 6 heteroatoms. The van der Waals surface area contributed by atoms with Gasteiger partial charge in [-0.3, -0.25) is 0 Å². The van der Waals surface area contributed by atoms with Crippen molar-refractivity contribution in [1.82, 2.24) is 5.32 Å². The van der Waals surface area contributed by atoms with Gasteiger partial charge in [0.2, 0.25) is 0 Å². The fraction of sp³-hybridized carbons (Fsp3) is 0.278. The Morgan fingerprint density at radius 1 is 1.04 bits per heavy atom. The minimum atomic E-state index is 0.0605. The normalized spacial score (nSPS) is 11.3. The zero-order chi connectivity index (χ0) is 17.4. The highest BCUT2D eigenvalue weighted by Crippen LogP contribution is 2.29. The van der Waals surface area contributed by atoms with E-state index in [1.807, 2.05) is 55.5 Å². The quantitative estimate of drug-likeness (QED) is 0.749. The second-order valence-electron chi connectivity index (χ2n) is 5.19.